The second-order valence-electron chi connectivity index (χ2n) is 8.09. The molecule has 0 radical (unpaired) electrons. The number of carbonyl (C=O) groups is 1. The average Bonchev–Trinajstić information content (AvgIpc) is 3.12. The highest BCUT2D eigenvalue weighted by atomic mass is 16.1. The molecule has 0 spiro atoms. The Morgan fingerprint density at radius 1 is 1.04 bits per heavy atom. The van der Waals surface area contributed by atoms with Crippen LogP contribution in [0, 0.1) is 11.8 Å². The van der Waals surface area contributed by atoms with Crippen molar-refractivity contribution in [2.45, 2.75) is 84.0 Å². The molecule has 2 rings (SSSR count). The van der Waals surface area contributed by atoms with Crippen molar-refractivity contribution in [1.29, 1.82) is 0 Å². The SMILES string of the molecule is CCNC(=O)CCC/C=C\C[C@H]1CCC[C@@H]1CCCCCc1ccccc1. The Kier molecular flexibility index (Phi) is 10.9. The van der Waals surface area contributed by atoms with E-state index in [2.05, 4.69) is 47.8 Å². The van der Waals surface area contributed by atoms with Crippen molar-refractivity contribution in [2.24, 2.45) is 11.8 Å². The highest BCUT2D eigenvalue weighted by Gasteiger charge is 2.25. The van der Waals surface area contributed by atoms with Crippen LogP contribution in [0.3, 0.4) is 0 Å². The lowest BCUT2D eigenvalue weighted by Crippen LogP contribution is -2.21. The Morgan fingerprint density at radius 3 is 2.67 bits per heavy atom. The highest BCUT2D eigenvalue weighted by Crippen LogP contribution is 2.37. The maximum absolute atomic E-state index is 11.4. The van der Waals surface area contributed by atoms with Crippen LogP contribution in [-0.4, -0.2) is 12.5 Å². The summed E-state index contributed by atoms with van der Waals surface area (Å²) in [5, 5.41) is 2.86. The summed E-state index contributed by atoms with van der Waals surface area (Å²) < 4.78 is 0. The van der Waals surface area contributed by atoms with Gasteiger partial charge in [-0.15, -0.1) is 0 Å². The first-order valence-electron chi connectivity index (χ1n) is 11.2. The zero-order chi connectivity index (χ0) is 19.2. The molecule has 2 heteroatoms. The number of benzene rings is 1. The Morgan fingerprint density at radius 2 is 1.85 bits per heavy atom. The molecular formula is C25H39NO. The molecule has 0 aromatic heterocycles. The second-order valence-corrected chi connectivity index (χ2v) is 8.09. The van der Waals surface area contributed by atoms with E-state index in [0.717, 1.165) is 31.2 Å². The fraction of sp³-hybridized carbons (Fsp3) is 0.640. The van der Waals surface area contributed by atoms with Crippen molar-refractivity contribution in [1.82, 2.24) is 5.32 Å². The molecule has 0 heterocycles. The number of unbranched alkanes of at least 4 members (excludes halogenated alkanes) is 3. The van der Waals surface area contributed by atoms with Gasteiger partial charge in [0, 0.05) is 13.0 Å². The predicted molar refractivity (Wildman–Crippen MR) is 116 cm³/mol. The Bertz CT molecular complexity index is 537. The zero-order valence-electron chi connectivity index (χ0n) is 17.3. The lowest BCUT2D eigenvalue weighted by atomic mass is 9.88. The van der Waals surface area contributed by atoms with E-state index in [4.69, 9.17) is 0 Å². The van der Waals surface area contributed by atoms with Crippen LogP contribution in [0.2, 0.25) is 0 Å². The van der Waals surface area contributed by atoms with Gasteiger partial charge in [-0.2, -0.15) is 0 Å². The Balaban J connectivity index is 1.52. The number of hydrogen-bond donors (Lipinski definition) is 1. The van der Waals surface area contributed by atoms with E-state index in [-0.39, 0.29) is 5.91 Å². The summed E-state index contributed by atoms with van der Waals surface area (Å²) >= 11 is 0. The summed E-state index contributed by atoms with van der Waals surface area (Å²) in [6.07, 6.45) is 19.6. The van der Waals surface area contributed by atoms with Gasteiger partial charge in [0.1, 0.15) is 0 Å². The maximum atomic E-state index is 11.4. The van der Waals surface area contributed by atoms with Gasteiger partial charge in [-0.05, 0) is 62.8 Å². The molecule has 27 heavy (non-hydrogen) atoms. The summed E-state index contributed by atoms with van der Waals surface area (Å²) in [6.45, 7) is 2.71. The third kappa shape index (κ3) is 9.26. The number of aryl methyl sites for hydroxylation is 1. The Hall–Kier alpha value is -1.57. The predicted octanol–water partition coefficient (Wildman–Crippen LogP) is 6.46. The van der Waals surface area contributed by atoms with Crippen molar-refractivity contribution in [2.75, 3.05) is 6.54 Å². The number of hydrogen-bond acceptors (Lipinski definition) is 1. The van der Waals surface area contributed by atoms with Gasteiger partial charge in [-0.3, -0.25) is 4.79 Å². The van der Waals surface area contributed by atoms with E-state index >= 15 is 0 Å². The summed E-state index contributed by atoms with van der Waals surface area (Å²) in [5.74, 6) is 2.04. The Labute approximate surface area is 166 Å². The van der Waals surface area contributed by atoms with Crippen LogP contribution in [0.5, 0.6) is 0 Å². The van der Waals surface area contributed by atoms with Crippen LogP contribution < -0.4 is 5.32 Å². The standard InChI is InChI=1S/C25H39NO/c1-2-26-25(27)21-12-4-3-10-17-23-19-13-20-24(23)18-11-6-9-16-22-14-7-5-8-15-22/h3,5,7-8,10,14-15,23-24H,2,4,6,9,11-13,16-21H2,1H3,(H,26,27)/b10-3-/t23-,24-/m0/s1. The van der Waals surface area contributed by atoms with Gasteiger partial charge in [-0.1, -0.05) is 74.6 Å². The van der Waals surface area contributed by atoms with Gasteiger partial charge in [-0.25, -0.2) is 0 Å². The lowest BCUT2D eigenvalue weighted by molar-refractivity contribution is -0.121. The second kappa shape index (κ2) is 13.6. The van der Waals surface area contributed by atoms with E-state index in [9.17, 15) is 4.79 Å². The number of allylic oxidation sites excluding steroid dienone is 2. The van der Waals surface area contributed by atoms with Gasteiger partial charge in [0.25, 0.3) is 0 Å². The lowest BCUT2D eigenvalue weighted by Gasteiger charge is -2.18. The molecule has 0 aliphatic heterocycles. The largest absolute Gasteiger partial charge is 0.356 e. The normalized spacial score (nSPS) is 19.6. The molecule has 0 saturated heterocycles. The minimum atomic E-state index is 0.189. The first kappa shape index (κ1) is 21.7. The molecule has 1 aromatic carbocycles. The van der Waals surface area contributed by atoms with E-state index in [1.165, 1.54) is 63.4 Å². The van der Waals surface area contributed by atoms with E-state index < -0.39 is 0 Å². The fourth-order valence-electron chi connectivity index (χ4n) is 4.42. The van der Waals surface area contributed by atoms with Crippen LogP contribution in [-0.2, 0) is 11.2 Å². The van der Waals surface area contributed by atoms with Crippen molar-refractivity contribution in [3.63, 3.8) is 0 Å². The van der Waals surface area contributed by atoms with Gasteiger partial charge >= 0.3 is 0 Å². The van der Waals surface area contributed by atoms with Gasteiger partial charge in [0.15, 0.2) is 0 Å². The highest BCUT2D eigenvalue weighted by molar-refractivity contribution is 5.75. The topological polar surface area (TPSA) is 29.1 Å². The smallest absolute Gasteiger partial charge is 0.219 e. The zero-order valence-corrected chi connectivity index (χ0v) is 17.3. The number of amides is 1. The van der Waals surface area contributed by atoms with Gasteiger partial charge in [0.2, 0.25) is 5.91 Å². The summed E-state index contributed by atoms with van der Waals surface area (Å²) in [5.41, 5.74) is 1.48. The monoisotopic (exact) mass is 369 g/mol. The fourth-order valence-corrected chi connectivity index (χ4v) is 4.42. The summed E-state index contributed by atoms with van der Waals surface area (Å²) in [7, 11) is 0. The van der Waals surface area contributed by atoms with Crippen molar-refractivity contribution in [3.8, 4) is 0 Å². The van der Waals surface area contributed by atoms with Crippen LogP contribution in [0.25, 0.3) is 0 Å². The van der Waals surface area contributed by atoms with Crippen LogP contribution in [0.15, 0.2) is 42.5 Å². The maximum Gasteiger partial charge on any atom is 0.219 e. The first-order chi connectivity index (χ1) is 13.3. The summed E-state index contributed by atoms with van der Waals surface area (Å²) in [6, 6.07) is 10.9. The van der Waals surface area contributed by atoms with Crippen LogP contribution >= 0.6 is 0 Å². The molecule has 1 aromatic rings. The summed E-state index contributed by atoms with van der Waals surface area (Å²) in [4.78, 5) is 11.4. The molecule has 1 saturated carbocycles. The number of nitrogens with one attached hydrogen (secondary N) is 1. The van der Waals surface area contributed by atoms with Crippen LogP contribution in [0.1, 0.15) is 83.1 Å². The van der Waals surface area contributed by atoms with Crippen molar-refractivity contribution < 1.29 is 4.79 Å². The van der Waals surface area contributed by atoms with Gasteiger partial charge in [0.05, 0.1) is 0 Å². The van der Waals surface area contributed by atoms with Gasteiger partial charge < -0.3 is 5.32 Å². The first-order valence-corrected chi connectivity index (χ1v) is 11.2. The molecule has 2 atom stereocenters. The molecule has 1 amide bonds. The third-order valence-corrected chi connectivity index (χ3v) is 5.95. The minimum absolute atomic E-state index is 0.189. The number of rotatable bonds is 13. The third-order valence-electron chi connectivity index (χ3n) is 5.95. The number of carbonyl (C=O) groups excluding carboxylic acids is 1. The molecule has 1 aliphatic carbocycles. The molecular weight excluding hydrogens is 330 g/mol. The quantitative estimate of drug-likeness (QED) is 0.314. The molecule has 0 unspecified atom stereocenters. The van der Waals surface area contributed by atoms with E-state index in [1.807, 2.05) is 6.92 Å². The van der Waals surface area contributed by atoms with Crippen molar-refractivity contribution >= 4 is 5.91 Å². The average molecular weight is 370 g/mol. The molecule has 1 aliphatic rings. The van der Waals surface area contributed by atoms with E-state index in [0.29, 0.717) is 6.42 Å². The molecule has 1 fully saturated rings. The minimum Gasteiger partial charge on any atom is -0.356 e. The van der Waals surface area contributed by atoms with Crippen molar-refractivity contribution in [3.05, 3.63) is 48.0 Å². The molecule has 1 N–H and O–H groups in total. The van der Waals surface area contributed by atoms with E-state index in [1.54, 1.807) is 0 Å². The van der Waals surface area contributed by atoms with Crippen LogP contribution in [0.4, 0.5) is 0 Å². The molecule has 0 bridgehead atoms. The molecule has 2 nitrogen and oxygen atoms in total. The molecule has 150 valence electrons.